The number of hydrogen-bond donors (Lipinski definition) is 0. The fraction of sp³-hybridized carbons (Fsp3) is 0.286. The van der Waals surface area contributed by atoms with Gasteiger partial charge in [-0.15, -0.1) is 11.3 Å². The van der Waals surface area contributed by atoms with Gasteiger partial charge in [-0.25, -0.2) is 4.98 Å². The van der Waals surface area contributed by atoms with Crippen LogP contribution in [0.3, 0.4) is 0 Å². The summed E-state index contributed by atoms with van der Waals surface area (Å²) in [6.45, 7) is 0.949. The Bertz CT molecular complexity index is 609. The van der Waals surface area contributed by atoms with Gasteiger partial charge in [0, 0.05) is 17.6 Å². The standard InChI is InChI=1S/C14H14N2O2S/c1-18-13(17)8-11-9-19-14(15-11)16-7-6-10-4-2-3-5-12(10)16/h2-5,9H,6-8H2,1H3. The molecule has 1 aromatic heterocycles. The number of rotatable bonds is 3. The molecule has 2 heterocycles. The van der Waals surface area contributed by atoms with E-state index in [9.17, 15) is 4.79 Å². The summed E-state index contributed by atoms with van der Waals surface area (Å²) in [4.78, 5) is 18.0. The van der Waals surface area contributed by atoms with Crippen molar-refractivity contribution < 1.29 is 9.53 Å². The Hall–Kier alpha value is -1.88. The highest BCUT2D eigenvalue weighted by Crippen LogP contribution is 2.35. The maximum Gasteiger partial charge on any atom is 0.311 e. The molecule has 0 saturated heterocycles. The van der Waals surface area contributed by atoms with Crippen LogP contribution in [0.15, 0.2) is 29.6 Å². The highest BCUT2D eigenvalue weighted by molar-refractivity contribution is 7.13. The summed E-state index contributed by atoms with van der Waals surface area (Å²) in [5.74, 6) is -0.251. The van der Waals surface area contributed by atoms with Gasteiger partial charge in [0.15, 0.2) is 5.13 Å². The van der Waals surface area contributed by atoms with Gasteiger partial charge in [0.2, 0.25) is 0 Å². The monoisotopic (exact) mass is 274 g/mol. The molecule has 0 bridgehead atoms. The Morgan fingerprint density at radius 2 is 2.32 bits per heavy atom. The molecule has 1 aromatic carbocycles. The quantitative estimate of drug-likeness (QED) is 0.807. The van der Waals surface area contributed by atoms with Crippen LogP contribution in [0.5, 0.6) is 0 Å². The number of hydrogen-bond acceptors (Lipinski definition) is 5. The lowest BCUT2D eigenvalue weighted by Gasteiger charge is -2.15. The maximum absolute atomic E-state index is 11.2. The number of fused-ring (bicyclic) bond motifs is 1. The molecule has 1 aliphatic heterocycles. The fourth-order valence-electron chi connectivity index (χ4n) is 2.26. The largest absolute Gasteiger partial charge is 0.469 e. The number of ether oxygens (including phenoxy) is 1. The number of nitrogens with zero attached hydrogens (tertiary/aromatic N) is 2. The molecule has 98 valence electrons. The highest BCUT2D eigenvalue weighted by Gasteiger charge is 2.22. The first-order valence-electron chi connectivity index (χ1n) is 6.14. The average molecular weight is 274 g/mol. The van der Waals surface area contributed by atoms with Crippen LogP contribution in [0.4, 0.5) is 10.8 Å². The first-order chi connectivity index (χ1) is 9.28. The van der Waals surface area contributed by atoms with E-state index in [4.69, 9.17) is 0 Å². The summed E-state index contributed by atoms with van der Waals surface area (Å²) in [6.07, 6.45) is 1.28. The second-order valence-electron chi connectivity index (χ2n) is 4.40. The van der Waals surface area contributed by atoms with E-state index in [2.05, 4.69) is 32.8 Å². The molecule has 0 saturated carbocycles. The minimum Gasteiger partial charge on any atom is -0.469 e. The van der Waals surface area contributed by atoms with Crippen molar-refractivity contribution in [3.05, 3.63) is 40.9 Å². The molecule has 2 aromatic rings. The van der Waals surface area contributed by atoms with Crippen molar-refractivity contribution in [3.63, 3.8) is 0 Å². The second kappa shape index (κ2) is 5.01. The number of carbonyl (C=O) groups excluding carboxylic acids is 1. The van der Waals surface area contributed by atoms with E-state index < -0.39 is 0 Å². The van der Waals surface area contributed by atoms with Gasteiger partial charge in [0.25, 0.3) is 0 Å². The van der Waals surface area contributed by atoms with Crippen LogP contribution in [0.25, 0.3) is 0 Å². The van der Waals surface area contributed by atoms with Crippen molar-refractivity contribution in [2.24, 2.45) is 0 Å². The van der Waals surface area contributed by atoms with Crippen LogP contribution >= 0.6 is 11.3 Å². The van der Waals surface area contributed by atoms with Gasteiger partial charge in [-0.05, 0) is 18.1 Å². The van der Waals surface area contributed by atoms with Gasteiger partial charge in [-0.3, -0.25) is 4.79 Å². The Morgan fingerprint density at radius 3 is 3.16 bits per heavy atom. The van der Waals surface area contributed by atoms with Crippen molar-refractivity contribution in [3.8, 4) is 0 Å². The molecular weight excluding hydrogens is 260 g/mol. The third-order valence-corrected chi connectivity index (χ3v) is 4.12. The molecule has 4 nitrogen and oxygen atoms in total. The molecular formula is C14H14N2O2S. The molecule has 19 heavy (non-hydrogen) atoms. The summed E-state index contributed by atoms with van der Waals surface area (Å²) >= 11 is 1.57. The average Bonchev–Trinajstić information content (AvgIpc) is 3.04. The smallest absolute Gasteiger partial charge is 0.311 e. The van der Waals surface area contributed by atoms with Crippen molar-refractivity contribution >= 4 is 28.1 Å². The zero-order valence-electron chi connectivity index (χ0n) is 10.6. The van der Waals surface area contributed by atoms with Crippen LogP contribution in [0, 0.1) is 0 Å². The van der Waals surface area contributed by atoms with Gasteiger partial charge < -0.3 is 9.64 Å². The van der Waals surface area contributed by atoms with Crippen LogP contribution < -0.4 is 4.90 Å². The summed E-state index contributed by atoms with van der Waals surface area (Å²) in [7, 11) is 1.40. The molecule has 0 amide bonds. The first-order valence-corrected chi connectivity index (χ1v) is 7.02. The number of para-hydroxylation sites is 1. The van der Waals surface area contributed by atoms with Gasteiger partial charge in [-0.2, -0.15) is 0 Å². The first kappa shape index (κ1) is 12.2. The van der Waals surface area contributed by atoms with Crippen LogP contribution in [0.2, 0.25) is 0 Å². The van der Waals surface area contributed by atoms with Crippen LogP contribution in [-0.2, 0) is 22.4 Å². The predicted molar refractivity (Wildman–Crippen MR) is 75.0 cm³/mol. The van der Waals surface area contributed by atoms with E-state index in [1.165, 1.54) is 18.4 Å². The molecule has 0 spiro atoms. The van der Waals surface area contributed by atoms with Crippen molar-refractivity contribution in [2.45, 2.75) is 12.8 Å². The normalized spacial score (nSPS) is 13.4. The Balaban J connectivity index is 1.83. The van der Waals surface area contributed by atoms with E-state index in [-0.39, 0.29) is 12.4 Å². The zero-order chi connectivity index (χ0) is 13.2. The lowest BCUT2D eigenvalue weighted by atomic mass is 10.2. The topological polar surface area (TPSA) is 42.4 Å². The Kier molecular flexibility index (Phi) is 3.21. The van der Waals surface area contributed by atoms with E-state index in [0.717, 1.165) is 23.8 Å². The number of benzene rings is 1. The molecule has 0 aliphatic carbocycles. The molecule has 3 rings (SSSR count). The maximum atomic E-state index is 11.2. The predicted octanol–water partition coefficient (Wildman–Crippen LogP) is 2.55. The van der Waals surface area contributed by atoms with Crippen molar-refractivity contribution in [1.29, 1.82) is 0 Å². The summed E-state index contributed by atoms with van der Waals surface area (Å²) in [6, 6.07) is 8.37. The van der Waals surface area contributed by atoms with Crippen LogP contribution in [-0.4, -0.2) is 24.6 Å². The fourth-order valence-corrected chi connectivity index (χ4v) is 3.12. The third kappa shape index (κ3) is 2.33. The van der Waals surface area contributed by atoms with Crippen molar-refractivity contribution in [1.82, 2.24) is 4.98 Å². The number of thiazole rings is 1. The zero-order valence-corrected chi connectivity index (χ0v) is 11.4. The van der Waals surface area contributed by atoms with E-state index in [1.807, 2.05) is 11.4 Å². The van der Waals surface area contributed by atoms with Gasteiger partial charge >= 0.3 is 5.97 Å². The molecule has 0 unspecified atom stereocenters. The van der Waals surface area contributed by atoms with Gasteiger partial charge in [0.1, 0.15) is 0 Å². The minimum atomic E-state index is -0.251. The lowest BCUT2D eigenvalue weighted by Crippen LogP contribution is -2.13. The van der Waals surface area contributed by atoms with E-state index in [1.54, 1.807) is 11.3 Å². The number of carbonyl (C=O) groups is 1. The second-order valence-corrected chi connectivity index (χ2v) is 5.24. The van der Waals surface area contributed by atoms with Gasteiger partial charge in [0.05, 0.1) is 19.2 Å². The van der Waals surface area contributed by atoms with Crippen LogP contribution in [0.1, 0.15) is 11.3 Å². The van der Waals surface area contributed by atoms with Crippen molar-refractivity contribution in [2.75, 3.05) is 18.6 Å². The molecule has 1 aliphatic rings. The number of methoxy groups -OCH3 is 1. The van der Waals surface area contributed by atoms with E-state index in [0.29, 0.717) is 0 Å². The summed E-state index contributed by atoms with van der Waals surface area (Å²) in [5.41, 5.74) is 3.35. The SMILES string of the molecule is COC(=O)Cc1csc(N2CCc3ccccc32)n1. The third-order valence-electron chi connectivity index (χ3n) is 3.21. The molecule has 0 atom stereocenters. The molecule has 0 N–H and O–H groups in total. The summed E-state index contributed by atoms with van der Waals surface area (Å²) < 4.78 is 4.66. The molecule has 5 heteroatoms. The molecule has 0 fully saturated rings. The lowest BCUT2D eigenvalue weighted by molar-refractivity contribution is -0.139. The highest BCUT2D eigenvalue weighted by atomic mass is 32.1. The van der Waals surface area contributed by atoms with Gasteiger partial charge in [-0.1, -0.05) is 18.2 Å². The number of anilines is 2. The van der Waals surface area contributed by atoms with E-state index >= 15 is 0 Å². The Labute approximate surface area is 115 Å². The minimum absolute atomic E-state index is 0.239. The summed E-state index contributed by atoms with van der Waals surface area (Å²) in [5, 5.41) is 2.87. The Morgan fingerprint density at radius 1 is 1.47 bits per heavy atom. The number of aromatic nitrogens is 1. The number of esters is 1. The molecule has 0 radical (unpaired) electrons.